The van der Waals surface area contributed by atoms with Crippen molar-refractivity contribution in [2.24, 2.45) is 0 Å². The molecule has 1 aliphatic rings. The van der Waals surface area contributed by atoms with Gasteiger partial charge in [-0.25, -0.2) is 9.78 Å². The number of benzene rings is 3. The fraction of sp³-hybridized carbons (Fsp3) is 0.243. The van der Waals surface area contributed by atoms with Crippen LogP contribution in [0.2, 0.25) is 0 Å². The Hall–Kier alpha value is -5.02. The largest absolute Gasteiger partial charge is 0.507 e. The van der Waals surface area contributed by atoms with Crippen molar-refractivity contribution >= 4 is 39.9 Å². The minimum atomic E-state index is -0.995. The van der Waals surface area contributed by atoms with Crippen LogP contribution in [-0.2, 0) is 26.3 Å². The smallest absolute Gasteiger partial charge is 0.350 e. The Bertz CT molecular complexity index is 1830. The molecular formula is C37H36N2O6S. The molecule has 1 fully saturated rings. The van der Waals surface area contributed by atoms with Crippen LogP contribution in [0.1, 0.15) is 70.0 Å². The lowest BCUT2D eigenvalue weighted by atomic mass is 9.85. The second kappa shape index (κ2) is 13.1. The van der Waals surface area contributed by atoms with Gasteiger partial charge in [0.15, 0.2) is 5.13 Å². The third kappa shape index (κ3) is 6.50. The summed E-state index contributed by atoms with van der Waals surface area (Å²) in [6.07, 6.45) is 1.46. The SMILES string of the molecule is C=CCOC(=O)c1sc(N2C(=O)C(=O)/C(=C(/O)c3ccc(OCc4ccccc4)c(C)c3)[C@H]2c2ccc(C(C)(C)C)cc2)nc1C. The van der Waals surface area contributed by atoms with Crippen molar-refractivity contribution in [2.45, 2.75) is 52.7 Å². The van der Waals surface area contributed by atoms with Crippen LogP contribution in [0.3, 0.4) is 0 Å². The van der Waals surface area contributed by atoms with Crippen molar-refractivity contribution < 1.29 is 29.0 Å². The predicted molar refractivity (Wildman–Crippen MR) is 179 cm³/mol. The molecule has 1 saturated heterocycles. The van der Waals surface area contributed by atoms with Crippen LogP contribution in [0.4, 0.5) is 5.13 Å². The van der Waals surface area contributed by atoms with E-state index in [1.165, 1.54) is 11.0 Å². The number of ketones is 1. The number of anilines is 1. The van der Waals surface area contributed by atoms with Crippen molar-refractivity contribution in [1.29, 1.82) is 0 Å². The minimum absolute atomic E-state index is 0.0195. The number of nitrogens with zero attached hydrogens (tertiary/aromatic N) is 2. The van der Waals surface area contributed by atoms with Gasteiger partial charge < -0.3 is 14.6 Å². The van der Waals surface area contributed by atoms with Crippen LogP contribution in [0.15, 0.2) is 91.0 Å². The van der Waals surface area contributed by atoms with Gasteiger partial charge in [-0.3, -0.25) is 14.5 Å². The molecule has 0 bridgehead atoms. The summed E-state index contributed by atoms with van der Waals surface area (Å²) in [5.74, 6) is -2.00. The molecule has 3 aromatic carbocycles. The lowest BCUT2D eigenvalue weighted by Gasteiger charge is -2.25. The lowest BCUT2D eigenvalue weighted by molar-refractivity contribution is -0.132. The lowest BCUT2D eigenvalue weighted by Crippen LogP contribution is -2.29. The summed E-state index contributed by atoms with van der Waals surface area (Å²) in [5.41, 5.74) is 3.95. The van der Waals surface area contributed by atoms with Gasteiger partial charge in [0.2, 0.25) is 0 Å². The van der Waals surface area contributed by atoms with Crippen molar-refractivity contribution in [3.8, 4) is 5.75 Å². The monoisotopic (exact) mass is 636 g/mol. The number of aromatic nitrogens is 1. The Morgan fingerprint density at radius 3 is 2.37 bits per heavy atom. The Morgan fingerprint density at radius 2 is 1.74 bits per heavy atom. The first-order valence-corrected chi connectivity index (χ1v) is 15.7. The van der Waals surface area contributed by atoms with E-state index in [2.05, 4.69) is 32.3 Å². The Labute approximate surface area is 272 Å². The molecule has 0 aliphatic carbocycles. The van der Waals surface area contributed by atoms with Crippen LogP contribution < -0.4 is 9.64 Å². The van der Waals surface area contributed by atoms with Gasteiger partial charge in [-0.2, -0.15) is 0 Å². The molecule has 0 saturated carbocycles. The third-order valence-electron chi connectivity index (χ3n) is 7.73. The number of Topliss-reactive ketones (excluding diaryl/α,β-unsaturated/α-hetero) is 1. The fourth-order valence-corrected chi connectivity index (χ4v) is 6.22. The summed E-state index contributed by atoms with van der Waals surface area (Å²) < 4.78 is 11.2. The normalized spacial score (nSPS) is 16.0. The van der Waals surface area contributed by atoms with Crippen LogP contribution in [0.25, 0.3) is 5.76 Å². The zero-order chi connectivity index (χ0) is 33.2. The first-order valence-electron chi connectivity index (χ1n) is 14.8. The molecule has 0 radical (unpaired) electrons. The van der Waals surface area contributed by atoms with Crippen LogP contribution in [0, 0.1) is 13.8 Å². The molecule has 1 aromatic heterocycles. The quantitative estimate of drug-likeness (QED) is 0.0663. The average molecular weight is 637 g/mol. The highest BCUT2D eigenvalue weighted by atomic mass is 32.1. The standard InChI is InChI=1S/C37H36N2O6S/c1-7-19-44-35(43)33-23(3)38-36(46-33)39-30(25-13-16-27(17-14-25)37(4,5)6)29(32(41)34(39)42)31(40)26-15-18-28(22(2)20-26)45-21-24-11-9-8-10-12-24/h7-18,20,30,40H,1,19,21H2,2-6H3/b31-29+/t30-/m1/s1. The van der Waals surface area contributed by atoms with Gasteiger partial charge in [0, 0.05) is 5.56 Å². The Balaban J connectivity index is 1.58. The molecule has 236 valence electrons. The van der Waals surface area contributed by atoms with Gasteiger partial charge in [0.05, 0.1) is 17.3 Å². The van der Waals surface area contributed by atoms with Gasteiger partial charge >= 0.3 is 11.9 Å². The molecular weight excluding hydrogens is 600 g/mol. The van der Waals surface area contributed by atoms with Crippen molar-refractivity contribution in [2.75, 3.05) is 11.5 Å². The van der Waals surface area contributed by atoms with Gasteiger partial charge in [0.25, 0.3) is 5.78 Å². The molecule has 9 heteroatoms. The zero-order valence-electron chi connectivity index (χ0n) is 26.5. The molecule has 8 nitrogen and oxygen atoms in total. The maximum Gasteiger partial charge on any atom is 0.350 e. The predicted octanol–water partition coefficient (Wildman–Crippen LogP) is 7.61. The van der Waals surface area contributed by atoms with E-state index < -0.39 is 23.7 Å². The molecule has 1 aliphatic heterocycles. The van der Waals surface area contributed by atoms with E-state index in [9.17, 15) is 19.5 Å². The zero-order valence-corrected chi connectivity index (χ0v) is 27.3. The molecule has 2 heterocycles. The fourth-order valence-electron chi connectivity index (χ4n) is 5.23. The summed E-state index contributed by atoms with van der Waals surface area (Å²) >= 11 is 0.957. The number of aliphatic hydroxyl groups is 1. The second-order valence-electron chi connectivity index (χ2n) is 12.1. The van der Waals surface area contributed by atoms with Crippen LogP contribution in [0.5, 0.6) is 5.75 Å². The van der Waals surface area contributed by atoms with Crippen LogP contribution >= 0.6 is 11.3 Å². The number of aliphatic hydroxyl groups excluding tert-OH is 1. The number of aryl methyl sites for hydroxylation is 2. The number of hydrogen-bond acceptors (Lipinski definition) is 8. The highest BCUT2D eigenvalue weighted by Gasteiger charge is 2.48. The first-order chi connectivity index (χ1) is 21.9. The summed E-state index contributed by atoms with van der Waals surface area (Å²) in [4.78, 5) is 46.1. The first kappa shape index (κ1) is 32.4. The highest BCUT2D eigenvalue weighted by molar-refractivity contribution is 7.17. The van der Waals surface area contributed by atoms with Gasteiger partial charge in [-0.05, 0) is 59.7 Å². The van der Waals surface area contributed by atoms with E-state index in [1.54, 1.807) is 25.1 Å². The highest BCUT2D eigenvalue weighted by Crippen LogP contribution is 2.44. The van der Waals surface area contributed by atoms with E-state index in [0.717, 1.165) is 28.0 Å². The Morgan fingerprint density at radius 1 is 1.04 bits per heavy atom. The van der Waals surface area contributed by atoms with E-state index in [0.29, 0.717) is 29.2 Å². The molecule has 46 heavy (non-hydrogen) atoms. The number of hydrogen-bond donors (Lipinski definition) is 1. The minimum Gasteiger partial charge on any atom is -0.507 e. The van der Waals surface area contributed by atoms with Crippen molar-refractivity contribution in [3.05, 3.63) is 129 Å². The van der Waals surface area contributed by atoms with Crippen LogP contribution in [-0.4, -0.2) is 34.4 Å². The van der Waals surface area contributed by atoms with Gasteiger partial charge in [-0.15, -0.1) is 0 Å². The third-order valence-corrected chi connectivity index (χ3v) is 8.87. The Kier molecular flexibility index (Phi) is 9.25. The number of thiazole rings is 1. The number of amides is 1. The van der Waals surface area contributed by atoms with Gasteiger partial charge in [-0.1, -0.05) is 99.4 Å². The molecule has 4 aromatic rings. The molecule has 5 rings (SSSR count). The molecule has 0 spiro atoms. The summed E-state index contributed by atoms with van der Waals surface area (Å²) in [6.45, 7) is 13.7. The molecule has 1 N–H and O–H groups in total. The average Bonchev–Trinajstić information content (AvgIpc) is 3.55. The molecule has 1 amide bonds. The number of carbonyl (C=O) groups excluding carboxylic acids is 3. The van der Waals surface area contributed by atoms with E-state index in [4.69, 9.17) is 9.47 Å². The molecule has 1 atom stereocenters. The van der Waals surface area contributed by atoms with Crippen molar-refractivity contribution in [3.63, 3.8) is 0 Å². The molecule has 0 unspecified atom stereocenters. The van der Waals surface area contributed by atoms with E-state index >= 15 is 0 Å². The van der Waals surface area contributed by atoms with E-state index in [-0.39, 0.29) is 33.4 Å². The number of carbonyl (C=O) groups is 3. The summed E-state index contributed by atoms with van der Waals surface area (Å²) in [5, 5.41) is 11.8. The van der Waals surface area contributed by atoms with Gasteiger partial charge in [0.1, 0.15) is 29.6 Å². The summed E-state index contributed by atoms with van der Waals surface area (Å²) in [6, 6.07) is 21.5. The maximum absolute atomic E-state index is 13.7. The van der Waals surface area contributed by atoms with Crippen molar-refractivity contribution in [1.82, 2.24) is 4.98 Å². The number of ether oxygens (including phenoxy) is 2. The number of esters is 1. The number of rotatable bonds is 9. The second-order valence-corrected chi connectivity index (χ2v) is 13.1. The topological polar surface area (TPSA) is 106 Å². The summed E-state index contributed by atoms with van der Waals surface area (Å²) in [7, 11) is 0. The van der Waals surface area contributed by atoms with E-state index in [1.807, 2.05) is 61.5 Å². The maximum atomic E-state index is 13.7.